The minimum atomic E-state index is -0.608. The van der Waals surface area contributed by atoms with E-state index in [9.17, 15) is 10.1 Å². The predicted molar refractivity (Wildman–Crippen MR) is 170 cm³/mol. The molecule has 3 aromatic carbocycles. The Kier molecular flexibility index (Phi) is 8.11. The van der Waals surface area contributed by atoms with Gasteiger partial charge in [0, 0.05) is 28.4 Å². The van der Waals surface area contributed by atoms with E-state index in [1.807, 2.05) is 43.9 Å². The number of nitriles is 1. The van der Waals surface area contributed by atoms with Crippen molar-refractivity contribution in [2.45, 2.75) is 60.0 Å². The second-order valence-corrected chi connectivity index (χ2v) is 13.2. The van der Waals surface area contributed by atoms with E-state index in [-0.39, 0.29) is 17.0 Å². The number of nitrogens with two attached hydrogens (primary N) is 1. The van der Waals surface area contributed by atoms with Crippen LogP contribution in [0.5, 0.6) is 5.75 Å². The van der Waals surface area contributed by atoms with Crippen molar-refractivity contribution >= 4 is 46.3 Å². The number of anilines is 1. The Hall–Kier alpha value is -3.43. The molecule has 8 heteroatoms. The van der Waals surface area contributed by atoms with Crippen molar-refractivity contribution in [3.63, 3.8) is 0 Å². The fraction of sp³-hybridized carbons (Fsp3) is 0.294. The molecule has 0 radical (unpaired) electrons. The molecule has 1 unspecified atom stereocenters. The summed E-state index contributed by atoms with van der Waals surface area (Å²) >= 11 is 18.8. The molecule has 2 aliphatic rings. The maximum absolute atomic E-state index is 14.0. The highest BCUT2D eigenvalue weighted by Crippen LogP contribution is 2.51. The van der Waals surface area contributed by atoms with Gasteiger partial charge in [-0.25, -0.2) is 0 Å². The Morgan fingerprint density at radius 1 is 1.02 bits per heavy atom. The van der Waals surface area contributed by atoms with Crippen molar-refractivity contribution in [1.82, 2.24) is 0 Å². The molecular formula is C34H32Cl3N3O2. The minimum Gasteiger partial charge on any atom is -0.489 e. The summed E-state index contributed by atoms with van der Waals surface area (Å²) in [6.45, 7) is 10.4. The summed E-state index contributed by atoms with van der Waals surface area (Å²) < 4.78 is 6.21. The van der Waals surface area contributed by atoms with Crippen LogP contribution >= 0.6 is 34.8 Å². The van der Waals surface area contributed by atoms with E-state index in [0.29, 0.717) is 51.4 Å². The number of carbonyl (C=O) groups excluding carboxylic acids is 1. The smallest absolute Gasteiger partial charge is 0.162 e. The Morgan fingerprint density at radius 2 is 1.76 bits per heavy atom. The first-order chi connectivity index (χ1) is 19.8. The van der Waals surface area contributed by atoms with Crippen molar-refractivity contribution in [1.29, 1.82) is 5.26 Å². The molecule has 5 rings (SSSR count). The topological polar surface area (TPSA) is 79.3 Å². The molecule has 1 aliphatic carbocycles. The van der Waals surface area contributed by atoms with Gasteiger partial charge in [-0.3, -0.25) is 9.69 Å². The Labute approximate surface area is 262 Å². The number of nitrogens with zero attached hydrogens (tertiary/aromatic N) is 2. The van der Waals surface area contributed by atoms with Gasteiger partial charge in [0.05, 0.1) is 27.6 Å². The third-order valence-corrected chi connectivity index (χ3v) is 9.05. The lowest BCUT2D eigenvalue weighted by Crippen LogP contribution is -2.42. The van der Waals surface area contributed by atoms with Crippen molar-refractivity contribution in [3.8, 4) is 11.8 Å². The monoisotopic (exact) mass is 619 g/mol. The number of Topliss-reactive ketones (excluding diaryl/α,β-unsaturated/α-hetero) is 1. The van der Waals surface area contributed by atoms with Crippen LogP contribution in [0.4, 0.5) is 5.69 Å². The number of halogens is 3. The van der Waals surface area contributed by atoms with Gasteiger partial charge in [0.2, 0.25) is 0 Å². The highest BCUT2D eigenvalue weighted by molar-refractivity contribution is 6.42. The molecule has 1 aliphatic heterocycles. The van der Waals surface area contributed by atoms with Crippen LogP contribution in [-0.4, -0.2) is 5.78 Å². The zero-order valence-electron chi connectivity index (χ0n) is 24.2. The Morgan fingerprint density at radius 3 is 2.43 bits per heavy atom. The zero-order chi connectivity index (χ0) is 30.5. The average Bonchev–Trinajstić information content (AvgIpc) is 2.90. The van der Waals surface area contributed by atoms with Crippen molar-refractivity contribution in [3.05, 3.63) is 114 Å². The first kappa shape index (κ1) is 30.0. The molecule has 2 N–H and O–H groups in total. The number of benzene rings is 3. The zero-order valence-corrected chi connectivity index (χ0v) is 26.5. The molecule has 0 bridgehead atoms. The summed E-state index contributed by atoms with van der Waals surface area (Å²) in [5.41, 5.74) is 13.6. The lowest BCUT2D eigenvalue weighted by Gasteiger charge is -2.44. The lowest BCUT2D eigenvalue weighted by molar-refractivity contribution is -0.118. The van der Waals surface area contributed by atoms with Gasteiger partial charge in [-0.2, -0.15) is 5.26 Å². The number of rotatable bonds is 5. The first-order valence-electron chi connectivity index (χ1n) is 13.7. The van der Waals surface area contributed by atoms with E-state index in [0.717, 1.165) is 39.3 Å². The van der Waals surface area contributed by atoms with Crippen LogP contribution in [-0.2, 0) is 11.4 Å². The molecule has 1 heterocycles. The van der Waals surface area contributed by atoms with Gasteiger partial charge in [0.25, 0.3) is 0 Å². The summed E-state index contributed by atoms with van der Waals surface area (Å²) in [7, 11) is 0. The predicted octanol–water partition coefficient (Wildman–Crippen LogP) is 9.09. The molecule has 3 aromatic rings. The normalized spacial score (nSPS) is 18.2. The molecule has 1 atom stereocenters. The van der Waals surface area contributed by atoms with E-state index in [4.69, 9.17) is 45.3 Å². The fourth-order valence-electron chi connectivity index (χ4n) is 6.08. The Balaban J connectivity index is 1.67. The van der Waals surface area contributed by atoms with Crippen LogP contribution in [0.1, 0.15) is 60.4 Å². The SMILES string of the molecule is Cc1cc(COc2ccc(Cl)cc2C)c(C)c(C2C(C#N)=C(N)N(c3ccc(Cl)c(Cl)c3)C3=C2C(=O)CC(C)(C)C3)c1. The molecule has 0 saturated heterocycles. The van der Waals surface area contributed by atoms with Crippen LogP contribution in [0.25, 0.3) is 0 Å². The summed E-state index contributed by atoms with van der Waals surface area (Å²) in [6, 6.07) is 17.2. The van der Waals surface area contributed by atoms with Gasteiger partial charge in [-0.1, -0.05) is 66.3 Å². The number of ether oxygens (including phenoxy) is 1. The van der Waals surface area contributed by atoms with Gasteiger partial charge in [-0.15, -0.1) is 0 Å². The fourth-order valence-corrected chi connectivity index (χ4v) is 6.60. The second kappa shape index (κ2) is 11.3. The van der Waals surface area contributed by atoms with Gasteiger partial charge >= 0.3 is 0 Å². The van der Waals surface area contributed by atoms with E-state index in [1.165, 1.54) is 0 Å². The van der Waals surface area contributed by atoms with Crippen molar-refractivity contribution in [2.24, 2.45) is 11.1 Å². The van der Waals surface area contributed by atoms with Crippen LogP contribution in [0.3, 0.4) is 0 Å². The van der Waals surface area contributed by atoms with E-state index >= 15 is 0 Å². The van der Waals surface area contributed by atoms with E-state index < -0.39 is 5.92 Å². The summed E-state index contributed by atoms with van der Waals surface area (Å²) in [5, 5.41) is 12.0. The number of allylic oxidation sites excluding steroid dienone is 3. The van der Waals surface area contributed by atoms with Crippen LogP contribution < -0.4 is 15.4 Å². The molecule has 0 aromatic heterocycles. The number of carbonyl (C=O) groups is 1. The van der Waals surface area contributed by atoms with Crippen LogP contribution in [0, 0.1) is 37.5 Å². The highest BCUT2D eigenvalue weighted by Gasteiger charge is 2.45. The molecule has 216 valence electrons. The number of hydrogen-bond acceptors (Lipinski definition) is 5. The summed E-state index contributed by atoms with van der Waals surface area (Å²) in [4.78, 5) is 15.8. The van der Waals surface area contributed by atoms with Gasteiger partial charge in [0.15, 0.2) is 5.78 Å². The third-order valence-electron chi connectivity index (χ3n) is 8.07. The van der Waals surface area contributed by atoms with Crippen LogP contribution in [0.15, 0.2) is 71.2 Å². The average molecular weight is 621 g/mol. The number of hydrogen-bond donors (Lipinski definition) is 1. The second-order valence-electron chi connectivity index (χ2n) is 11.9. The molecule has 5 nitrogen and oxygen atoms in total. The van der Waals surface area contributed by atoms with Crippen LogP contribution in [0.2, 0.25) is 15.1 Å². The first-order valence-corrected chi connectivity index (χ1v) is 14.8. The maximum atomic E-state index is 14.0. The summed E-state index contributed by atoms with van der Waals surface area (Å²) in [5.74, 6) is 0.421. The molecule has 0 spiro atoms. The quantitative estimate of drug-likeness (QED) is 0.308. The lowest BCUT2D eigenvalue weighted by atomic mass is 9.68. The van der Waals surface area contributed by atoms with Crippen molar-refractivity contribution < 1.29 is 9.53 Å². The van der Waals surface area contributed by atoms with E-state index in [1.54, 1.807) is 24.3 Å². The number of aryl methyl sites for hydroxylation is 2. The third kappa shape index (κ3) is 5.52. The van der Waals surface area contributed by atoms with Gasteiger partial charge in [-0.05, 0) is 91.3 Å². The molecule has 42 heavy (non-hydrogen) atoms. The summed E-state index contributed by atoms with van der Waals surface area (Å²) in [6.07, 6.45) is 0.966. The molecular weight excluding hydrogens is 589 g/mol. The van der Waals surface area contributed by atoms with E-state index in [2.05, 4.69) is 26.0 Å². The van der Waals surface area contributed by atoms with Gasteiger partial charge < -0.3 is 10.5 Å². The molecule has 0 saturated carbocycles. The largest absolute Gasteiger partial charge is 0.489 e. The molecule has 0 fully saturated rings. The standard InChI is InChI=1S/C34H32Cl3N3O2/c1-18-10-21(17-42-30-9-6-22(35)12-19(30)2)20(3)24(11-18)31-25(16-38)33(39)40(23-7-8-26(36)27(37)13-23)28-14-34(4,5)15-29(41)32(28)31/h6-13,31H,14-15,17,39H2,1-5H3. The molecule has 0 amide bonds. The number of ketones is 1. The highest BCUT2D eigenvalue weighted by atomic mass is 35.5. The van der Waals surface area contributed by atoms with Gasteiger partial charge in [0.1, 0.15) is 18.2 Å². The maximum Gasteiger partial charge on any atom is 0.162 e. The minimum absolute atomic E-state index is 0.00653. The Bertz CT molecular complexity index is 1730. The van der Waals surface area contributed by atoms with Crippen molar-refractivity contribution in [2.75, 3.05) is 4.90 Å².